The molecule has 2 amide bonds. The molecule has 0 radical (unpaired) electrons. The van der Waals surface area contributed by atoms with Gasteiger partial charge in [-0.2, -0.15) is 5.10 Å². The first-order chi connectivity index (χ1) is 9.40. The molecule has 1 aromatic heterocycles. The van der Waals surface area contributed by atoms with Gasteiger partial charge in [-0.25, -0.2) is 8.42 Å². The minimum atomic E-state index is -3.89. The summed E-state index contributed by atoms with van der Waals surface area (Å²) in [5.41, 5.74) is 0.885. The summed E-state index contributed by atoms with van der Waals surface area (Å²) >= 11 is 0. The Hall–Kier alpha value is -2.22. The first-order valence-corrected chi connectivity index (χ1v) is 7.58. The summed E-state index contributed by atoms with van der Waals surface area (Å²) < 4.78 is 25.8. The van der Waals surface area contributed by atoms with Crippen molar-refractivity contribution in [2.45, 2.75) is 5.25 Å². The van der Waals surface area contributed by atoms with Gasteiger partial charge in [-0.1, -0.05) is 18.2 Å². The third-order valence-electron chi connectivity index (χ3n) is 3.23. The summed E-state index contributed by atoms with van der Waals surface area (Å²) in [6.45, 7) is 0. The molecule has 3 rings (SSSR count). The smallest absolute Gasteiger partial charge is 0.251 e. The highest BCUT2D eigenvalue weighted by Gasteiger charge is 2.43. The van der Waals surface area contributed by atoms with Crippen LogP contribution in [-0.2, 0) is 26.5 Å². The number of nitrogens with zero attached hydrogens (tertiary/aromatic N) is 2. The Kier molecular flexibility index (Phi) is 2.65. The molecule has 20 heavy (non-hydrogen) atoms. The predicted octanol–water partition coefficient (Wildman–Crippen LogP) is -0.314. The van der Waals surface area contributed by atoms with Crippen molar-refractivity contribution in [2.75, 3.05) is 5.75 Å². The topological polar surface area (TPSA) is 98.1 Å². The highest BCUT2D eigenvalue weighted by molar-refractivity contribution is 7.93. The minimum absolute atomic E-state index is 0.160. The highest BCUT2D eigenvalue weighted by atomic mass is 32.2. The fraction of sp³-hybridized carbons (Fsp3) is 0.250. The maximum Gasteiger partial charge on any atom is 0.251 e. The number of fused-ring (bicyclic) bond motifs is 1. The molecule has 1 aliphatic heterocycles. The maximum absolute atomic E-state index is 12.1. The van der Waals surface area contributed by atoms with E-state index in [4.69, 9.17) is 0 Å². The Morgan fingerprint density at radius 3 is 2.70 bits per heavy atom. The van der Waals surface area contributed by atoms with Crippen LogP contribution in [0.25, 0.3) is 10.9 Å². The largest absolute Gasteiger partial charge is 0.294 e. The van der Waals surface area contributed by atoms with E-state index in [-0.39, 0.29) is 5.69 Å². The fourth-order valence-corrected chi connectivity index (χ4v) is 3.90. The standard InChI is InChI=1S/C12H11N3O4S/c1-15-8-5-3-2-4-7(8)10(14-15)11-12(17)13-9(16)6-20(11,18)19/h2-5,11H,6H2,1H3,(H,13,16,17). The lowest BCUT2D eigenvalue weighted by Gasteiger charge is -2.19. The molecule has 0 bridgehead atoms. The van der Waals surface area contributed by atoms with Crippen LogP contribution in [0.15, 0.2) is 24.3 Å². The number of amides is 2. The molecule has 1 aliphatic rings. The summed E-state index contributed by atoms with van der Waals surface area (Å²) in [7, 11) is -2.22. The summed E-state index contributed by atoms with van der Waals surface area (Å²) in [5.74, 6) is -2.34. The van der Waals surface area contributed by atoms with Gasteiger partial charge in [-0.15, -0.1) is 0 Å². The lowest BCUT2D eigenvalue weighted by molar-refractivity contribution is -0.129. The number of hydrogen-bond donors (Lipinski definition) is 1. The first-order valence-electron chi connectivity index (χ1n) is 5.87. The fourth-order valence-electron chi connectivity index (χ4n) is 2.40. The molecule has 8 heteroatoms. The van der Waals surface area contributed by atoms with E-state index in [0.717, 1.165) is 5.52 Å². The molecule has 1 N–H and O–H groups in total. The number of carbonyl (C=O) groups excluding carboxylic acids is 2. The van der Waals surface area contributed by atoms with Crippen molar-refractivity contribution in [3.8, 4) is 0 Å². The Morgan fingerprint density at radius 1 is 1.30 bits per heavy atom. The molecular weight excluding hydrogens is 282 g/mol. The van der Waals surface area contributed by atoms with Gasteiger partial charge < -0.3 is 0 Å². The molecule has 0 saturated carbocycles. The third kappa shape index (κ3) is 1.80. The second-order valence-corrected chi connectivity index (χ2v) is 6.71. The number of benzene rings is 1. The molecule has 7 nitrogen and oxygen atoms in total. The summed E-state index contributed by atoms with van der Waals surface area (Å²) in [5, 5.41) is 5.35. The first kappa shape index (κ1) is 12.8. The molecular formula is C12H11N3O4S. The van der Waals surface area contributed by atoms with Crippen LogP contribution in [0.2, 0.25) is 0 Å². The monoisotopic (exact) mass is 293 g/mol. The van der Waals surface area contributed by atoms with Crippen LogP contribution in [0.3, 0.4) is 0 Å². The molecule has 1 unspecified atom stereocenters. The van der Waals surface area contributed by atoms with Crippen molar-refractivity contribution < 1.29 is 18.0 Å². The van der Waals surface area contributed by atoms with Gasteiger partial charge in [-0.05, 0) is 6.07 Å². The molecule has 104 valence electrons. The van der Waals surface area contributed by atoms with Gasteiger partial charge in [0.1, 0.15) is 5.75 Å². The molecule has 0 spiro atoms. The van der Waals surface area contributed by atoms with E-state index >= 15 is 0 Å². The number of aromatic nitrogens is 2. The quantitative estimate of drug-likeness (QED) is 0.727. The van der Waals surface area contributed by atoms with Crippen molar-refractivity contribution in [3.05, 3.63) is 30.0 Å². The average Bonchev–Trinajstić information content (AvgIpc) is 2.65. The van der Waals surface area contributed by atoms with Crippen molar-refractivity contribution in [1.82, 2.24) is 15.1 Å². The van der Waals surface area contributed by atoms with E-state index in [1.165, 1.54) is 4.68 Å². The van der Waals surface area contributed by atoms with Crippen LogP contribution >= 0.6 is 0 Å². The number of imide groups is 1. The molecule has 1 aromatic carbocycles. The molecule has 0 aliphatic carbocycles. The lowest BCUT2D eigenvalue weighted by atomic mass is 10.1. The number of hydrogen-bond acceptors (Lipinski definition) is 5. The molecule has 1 saturated heterocycles. The van der Waals surface area contributed by atoms with E-state index in [9.17, 15) is 18.0 Å². The Bertz CT molecular complexity index is 838. The number of carbonyl (C=O) groups is 2. The maximum atomic E-state index is 12.1. The van der Waals surface area contributed by atoms with Gasteiger partial charge in [0.2, 0.25) is 5.91 Å². The number of rotatable bonds is 1. The van der Waals surface area contributed by atoms with Gasteiger partial charge in [0, 0.05) is 12.4 Å². The predicted molar refractivity (Wildman–Crippen MR) is 70.4 cm³/mol. The number of sulfone groups is 1. The van der Waals surface area contributed by atoms with Crippen molar-refractivity contribution in [1.29, 1.82) is 0 Å². The van der Waals surface area contributed by atoms with E-state index in [2.05, 4.69) is 10.4 Å². The van der Waals surface area contributed by atoms with Gasteiger partial charge in [0.15, 0.2) is 15.1 Å². The van der Waals surface area contributed by atoms with Crippen molar-refractivity contribution in [3.63, 3.8) is 0 Å². The van der Waals surface area contributed by atoms with Gasteiger partial charge in [-0.3, -0.25) is 19.6 Å². The molecule has 1 atom stereocenters. The Balaban J connectivity index is 2.25. The number of para-hydroxylation sites is 1. The van der Waals surface area contributed by atoms with Gasteiger partial charge in [0.05, 0.1) is 11.2 Å². The Morgan fingerprint density at radius 2 is 2.00 bits per heavy atom. The lowest BCUT2D eigenvalue weighted by Crippen LogP contribution is -2.47. The van der Waals surface area contributed by atoms with Gasteiger partial charge >= 0.3 is 0 Å². The Labute approximate surface area is 114 Å². The highest BCUT2D eigenvalue weighted by Crippen LogP contribution is 2.30. The molecule has 2 aromatic rings. The molecule has 2 heterocycles. The van der Waals surface area contributed by atoms with Crippen LogP contribution in [0.4, 0.5) is 0 Å². The van der Waals surface area contributed by atoms with Crippen molar-refractivity contribution in [2.24, 2.45) is 7.05 Å². The van der Waals surface area contributed by atoms with Crippen LogP contribution in [-0.4, -0.2) is 35.8 Å². The number of nitrogens with one attached hydrogen (secondary N) is 1. The van der Waals surface area contributed by atoms with E-state index in [1.54, 1.807) is 31.3 Å². The zero-order valence-corrected chi connectivity index (χ0v) is 11.3. The van der Waals surface area contributed by atoms with E-state index in [0.29, 0.717) is 5.39 Å². The van der Waals surface area contributed by atoms with Crippen molar-refractivity contribution >= 4 is 32.6 Å². The third-order valence-corrected chi connectivity index (χ3v) is 5.05. The van der Waals surface area contributed by atoms with Crippen LogP contribution in [0.5, 0.6) is 0 Å². The SMILES string of the molecule is Cn1nc(C2C(=O)NC(=O)CS2(=O)=O)c2ccccc21. The normalized spacial score (nSPS) is 21.9. The van der Waals surface area contributed by atoms with E-state index in [1.807, 2.05) is 0 Å². The van der Waals surface area contributed by atoms with Crippen LogP contribution in [0.1, 0.15) is 10.9 Å². The summed E-state index contributed by atoms with van der Waals surface area (Å²) in [6, 6.07) is 7.03. The summed E-state index contributed by atoms with van der Waals surface area (Å²) in [6.07, 6.45) is 0. The van der Waals surface area contributed by atoms with Gasteiger partial charge in [0.25, 0.3) is 5.91 Å². The second-order valence-electron chi connectivity index (χ2n) is 4.63. The zero-order valence-electron chi connectivity index (χ0n) is 10.5. The zero-order chi connectivity index (χ0) is 14.5. The summed E-state index contributed by atoms with van der Waals surface area (Å²) in [4.78, 5) is 23.1. The molecule has 1 fully saturated rings. The van der Waals surface area contributed by atoms with Crippen LogP contribution in [0, 0.1) is 0 Å². The minimum Gasteiger partial charge on any atom is -0.294 e. The second kappa shape index (κ2) is 4.14. The average molecular weight is 293 g/mol. The van der Waals surface area contributed by atoms with E-state index < -0.39 is 32.7 Å². The van der Waals surface area contributed by atoms with Crippen LogP contribution < -0.4 is 5.32 Å². The number of aryl methyl sites for hydroxylation is 1.